The maximum absolute atomic E-state index is 12.8. The summed E-state index contributed by atoms with van der Waals surface area (Å²) >= 11 is 6.27. The monoisotopic (exact) mass is 381 g/mol. The lowest BCUT2D eigenvalue weighted by atomic mass is 10.1. The van der Waals surface area contributed by atoms with Crippen LogP contribution in [0.15, 0.2) is 42.5 Å². The number of fused-ring (bicyclic) bond motifs is 1. The number of rotatable bonds is 5. The highest BCUT2D eigenvalue weighted by Crippen LogP contribution is 2.36. The maximum atomic E-state index is 12.8. The first-order chi connectivity index (χ1) is 13.1. The van der Waals surface area contributed by atoms with E-state index in [2.05, 4.69) is 29.7 Å². The van der Waals surface area contributed by atoms with Crippen LogP contribution in [0.4, 0.5) is 5.69 Å². The van der Waals surface area contributed by atoms with Crippen LogP contribution in [0.3, 0.4) is 0 Å². The summed E-state index contributed by atoms with van der Waals surface area (Å²) in [7, 11) is 0. The van der Waals surface area contributed by atoms with Crippen molar-refractivity contribution in [3.63, 3.8) is 0 Å². The molecule has 1 unspecified atom stereocenters. The summed E-state index contributed by atoms with van der Waals surface area (Å²) in [5, 5.41) is 0.693. The molecule has 0 N–H and O–H groups in total. The Morgan fingerprint density at radius 2 is 2.00 bits per heavy atom. The maximum Gasteiger partial charge on any atom is 0.227 e. The second-order valence-corrected chi connectivity index (χ2v) is 7.66. The molecule has 27 heavy (non-hydrogen) atoms. The average Bonchev–Trinajstić information content (AvgIpc) is 3.23. The van der Waals surface area contributed by atoms with Crippen LogP contribution in [-0.2, 0) is 11.3 Å². The van der Waals surface area contributed by atoms with Gasteiger partial charge in [0.05, 0.1) is 11.0 Å². The molecule has 1 aliphatic heterocycles. The van der Waals surface area contributed by atoms with E-state index in [1.54, 1.807) is 0 Å². The van der Waals surface area contributed by atoms with Crippen molar-refractivity contribution in [3.8, 4) is 0 Å². The van der Waals surface area contributed by atoms with Crippen molar-refractivity contribution in [2.24, 2.45) is 0 Å². The lowest BCUT2D eigenvalue weighted by molar-refractivity contribution is -0.117. The first-order valence-corrected chi connectivity index (χ1v) is 9.98. The number of carbonyl (C=O) groups excluding carboxylic acids is 1. The number of halogens is 1. The number of aromatic nitrogens is 2. The zero-order valence-corrected chi connectivity index (χ0v) is 16.5. The van der Waals surface area contributed by atoms with Gasteiger partial charge in [0.15, 0.2) is 0 Å². The summed E-state index contributed by atoms with van der Waals surface area (Å²) in [5.41, 5.74) is 4.03. The van der Waals surface area contributed by atoms with Gasteiger partial charge in [-0.2, -0.15) is 0 Å². The predicted octanol–water partition coefficient (Wildman–Crippen LogP) is 5.32. The number of para-hydroxylation sites is 2. The number of aryl methyl sites for hydroxylation is 1. The van der Waals surface area contributed by atoms with Crippen molar-refractivity contribution in [2.75, 3.05) is 11.4 Å². The minimum atomic E-state index is 0.0973. The van der Waals surface area contributed by atoms with Gasteiger partial charge in [-0.1, -0.05) is 43.1 Å². The predicted molar refractivity (Wildman–Crippen MR) is 111 cm³/mol. The summed E-state index contributed by atoms with van der Waals surface area (Å²) in [6.07, 6.45) is 2.72. The molecule has 1 atom stereocenters. The summed E-state index contributed by atoms with van der Waals surface area (Å²) in [6, 6.07) is 14.0. The van der Waals surface area contributed by atoms with Crippen molar-refractivity contribution < 1.29 is 4.79 Å². The Labute approximate surface area is 164 Å². The van der Waals surface area contributed by atoms with E-state index < -0.39 is 0 Å². The summed E-state index contributed by atoms with van der Waals surface area (Å²) in [6.45, 7) is 5.75. The Kier molecular flexibility index (Phi) is 4.92. The van der Waals surface area contributed by atoms with Crippen molar-refractivity contribution in [3.05, 3.63) is 58.9 Å². The Bertz CT molecular complexity index is 994. The topological polar surface area (TPSA) is 38.1 Å². The molecular formula is C22H24ClN3O. The van der Waals surface area contributed by atoms with E-state index in [4.69, 9.17) is 16.6 Å². The molecule has 2 heterocycles. The van der Waals surface area contributed by atoms with E-state index in [0.29, 0.717) is 18.0 Å². The number of amides is 1. The van der Waals surface area contributed by atoms with Gasteiger partial charge in [0, 0.05) is 36.1 Å². The molecule has 4 rings (SSSR count). The molecule has 0 radical (unpaired) electrons. The van der Waals surface area contributed by atoms with Gasteiger partial charge in [0.25, 0.3) is 0 Å². The standard InChI is InChI=1S/C22H24ClN3O/c1-3-4-12-25-20-10-6-5-9-18(20)24-22(25)16-13-21(27)26(14-16)19-11-7-8-17(23)15(19)2/h5-11,16H,3-4,12-14H2,1-2H3. The van der Waals surface area contributed by atoms with E-state index in [1.165, 1.54) is 0 Å². The Morgan fingerprint density at radius 3 is 2.81 bits per heavy atom. The molecule has 1 aromatic heterocycles. The van der Waals surface area contributed by atoms with Gasteiger partial charge in [-0.05, 0) is 43.2 Å². The minimum Gasteiger partial charge on any atom is -0.328 e. The zero-order chi connectivity index (χ0) is 19.0. The second-order valence-electron chi connectivity index (χ2n) is 7.25. The van der Waals surface area contributed by atoms with Crippen molar-refractivity contribution in [1.29, 1.82) is 0 Å². The Hall–Kier alpha value is -2.33. The van der Waals surface area contributed by atoms with Gasteiger partial charge in [-0.3, -0.25) is 4.79 Å². The number of hydrogen-bond acceptors (Lipinski definition) is 2. The van der Waals surface area contributed by atoms with Gasteiger partial charge in [-0.25, -0.2) is 4.98 Å². The largest absolute Gasteiger partial charge is 0.328 e. The average molecular weight is 382 g/mol. The minimum absolute atomic E-state index is 0.0973. The molecule has 1 aliphatic rings. The zero-order valence-electron chi connectivity index (χ0n) is 15.8. The molecular weight excluding hydrogens is 358 g/mol. The van der Waals surface area contributed by atoms with Crippen LogP contribution in [0.25, 0.3) is 11.0 Å². The summed E-state index contributed by atoms with van der Waals surface area (Å²) in [5.74, 6) is 1.26. The summed E-state index contributed by atoms with van der Waals surface area (Å²) < 4.78 is 2.31. The Morgan fingerprint density at radius 1 is 1.19 bits per heavy atom. The third-order valence-electron chi connectivity index (χ3n) is 5.44. The smallest absolute Gasteiger partial charge is 0.227 e. The molecule has 0 bridgehead atoms. The normalized spacial score (nSPS) is 17.2. The Balaban J connectivity index is 1.70. The number of hydrogen-bond donors (Lipinski definition) is 0. The van der Waals surface area contributed by atoms with E-state index in [0.717, 1.165) is 47.5 Å². The molecule has 4 nitrogen and oxygen atoms in total. The van der Waals surface area contributed by atoms with Crippen LogP contribution in [0, 0.1) is 6.92 Å². The van der Waals surface area contributed by atoms with Gasteiger partial charge in [0.2, 0.25) is 5.91 Å². The molecule has 2 aromatic carbocycles. The molecule has 0 saturated carbocycles. The van der Waals surface area contributed by atoms with Gasteiger partial charge in [0.1, 0.15) is 5.82 Å². The van der Waals surface area contributed by atoms with Crippen LogP contribution in [0.5, 0.6) is 0 Å². The lowest BCUT2D eigenvalue weighted by Gasteiger charge is -2.20. The summed E-state index contributed by atoms with van der Waals surface area (Å²) in [4.78, 5) is 19.6. The second kappa shape index (κ2) is 7.35. The van der Waals surface area contributed by atoms with Crippen LogP contribution in [0.2, 0.25) is 5.02 Å². The van der Waals surface area contributed by atoms with Crippen molar-refractivity contribution in [1.82, 2.24) is 9.55 Å². The number of benzene rings is 2. The number of nitrogens with zero attached hydrogens (tertiary/aromatic N) is 3. The van der Waals surface area contributed by atoms with Gasteiger partial charge >= 0.3 is 0 Å². The van der Waals surface area contributed by atoms with Crippen LogP contribution in [0.1, 0.15) is 43.5 Å². The highest BCUT2D eigenvalue weighted by atomic mass is 35.5. The third kappa shape index (κ3) is 3.23. The van der Waals surface area contributed by atoms with E-state index in [9.17, 15) is 4.79 Å². The first kappa shape index (κ1) is 18.1. The SMILES string of the molecule is CCCCn1c(C2CC(=O)N(c3cccc(Cl)c3C)C2)nc2ccccc21. The highest BCUT2D eigenvalue weighted by molar-refractivity contribution is 6.31. The number of anilines is 1. The fraction of sp³-hybridized carbons (Fsp3) is 0.364. The molecule has 0 aliphatic carbocycles. The van der Waals surface area contributed by atoms with Crippen molar-refractivity contribution in [2.45, 2.75) is 45.6 Å². The van der Waals surface area contributed by atoms with E-state index >= 15 is 0 Å². The quantitative estimate of drug-likeness (QED) is 0.600. The molecule has 0 spiro atoms. The third-order valence-corrected chi connectivity index (χ3v) is 5.85. The molecule has 1 saturated heterocycles. The molecule has 140 valence electrons. The van der Waals surface area contributed by atoms with Crippen molar-refractivity contribution >= 4 is 34.2 Å². The van der Waals surface area contributed by atoms with E-state index in [-0.39, 0.29) is 11.8 Å². The lowest BCUT2D eigenvalue weighted by Crippen LogP contribution is -2.25. The van der Waals surface area contributed by atoms with Crippen LogP contribution in [-0.4, -0.2) is 22.0 Å². The van der Waals surface area contributed by atoms with E-state index in [1.807, 2.05) is 36.1 Å². The highest BCUT2D eigenvalue weighted by Gasteiger charge is 2.35. The fourth-order valence-electron chi connectivity index (χ4n) is 3.96. The van der Waals surface area contributed by atoms with Crippen LogP contribution >= 0.6 is 11.6 Å². The molecule has 1 fully saturated rings. The van der Waals surface area contributed by atoms with Gasteiger partial charge in [-0.15, -0.1) is 0 Å². The number of unbranched alkanes of at least 4 members (excludes halogenated alkanes) is 1. The van der Waals surface area contributed by atoms with Crippen LogP contribution < -0.4 is 4.90 Å². The first-order valence-electron chi connectivity index (χ1n) is 9.60. The fourth-order valence-corrected chi connectivity index (χ4v) is 4.13. The van der Waals surface area contributed by atoms with Gasteiger partial charge < -0.3 is 9.47 Å². The molecule has 1 amide bonds. The molecule has 3 aromatic rings. The molecule has 5 heteroatoms. The number of carbonyl (C=O) groups is 1. The number of imidazole rings is 1.